The number of hydrogen-bond acceptors (Lipinski definition) is 6. The molecule has 5 rings (SSSR count). The molecule has 2 atom stereocenters. The van der Waals surface area contributed by atoms with Gasteiger partial charge in [0.05, 0.1) is 0 Å². The lowest BCUT2D eigenvalue weighted by Gasteiger charge is -2.27. The SMILES string of the molecule is Cn1c(SCCCN2CC3CCN(c4ccc(F)cc4)[C@H]3C2)nnc1C1CCOCC1. The lowest BCUT2D eigenvalue weighted by molar-refractivity contribution is 0.0828. The summed E-state index contributed by atoms with van der Waals surface area (Å²) in [6.45, 7) is 6.18. The lowest BCUT2D eigenvalue weighted by Crippen LogP contribution is -2.35. The van der Waals surface area contributed by atoms with Crippen molar-refractivity contribution in [1.82, 2.24) is 19.7 Å². The normalized spacial score (nSPS) is 24.8. The van der Waals surface area contributed by atoms with E-state index in [9.17, 15) is 4.39 Å². The van der Waals surface area contributed by atoms with Crippen LogP contribution in [0.25, 0.3) is 0 Å². The first-order chi connectivity index (χ1) is 15.2. The largest absolute Gasteiger partial charge is 0.381 e. The Bertz CT molecular complexity index is 869. The summed E-state index contributed by atoms with van der Waals surface area (Å²) >= 11 is 1.82. The van der Waals surface area contributed by atoms with Crippen molar-refractivity contribution in [3.8, 4) is 0 Å². The van der Waals surface area contributed by atoms with Crippen molar-refractivity contribution in [3.05, 3.63) is 35.9 Å². The maximum absolute atomic E-state index is 13.3. The average Bonchev–Trinajstić information content (AvgIpc) is 3.47. The van der Waals surface area contributed by atoms with Gasteiger partial charge in [0.1, 0.15) is 11.6 Å². The van der Waals surface area contributed by atoms with Crippen LogP contribution in [-0.2, 0) is 11.8 Å². The van der Waals surface area contributed by atoms with Gasteiger partial charge >= 0.3 is 0 Å². The van der Waals surface area contributed by atoms with Gasteiger partial charge in [-0.05, 0) is 62.4 Å². The maximum Gasteiger partial charge on any atom is 0.190 e. The van der Waals surface area contributed by atoms with Crippen molar-refractivity contribution in [2.24, 2.45) is 13.0 Å². The number of aromatic nitrogens is 3. The van der Waals surface area contributed by atoms with Crippen LogP contribution in [0, 0.1) is 11.7 Å². The molecule has 3 saturated heterocycles. The van der Waals surface area contributed by atoms with Crippen LogP contribution in [0.15, 0.2) is 29.4 Å². The second-order valence-electron chi connectivity index (χ2n) is 9.03. The molecule has 0 saturated carbocycles. The number of thioether (sulfide) groups is 1. The Balaban J connectivity index is 1.08. The van der Waals surface area contributed by atoms with Gasteiger partial charge in [-0.2, -0.15) is 0 Å². The number of benzene rings is 1. The van der Waals surface area contributed by atoms with Crippen LogP contribution in [0.2, 0.25) is 0 Å². The predicted octanol–water partition coefficient (Wildman–Crippen LogP) is 3.54. The van der Waals surface area contributed by atoms with E-state index in [2.05, 4.69) is 31.6 Å². The standard InChI is InChI=1S/C23H32FN5OS/c1-27-22(17-8-12-30-13-9-17)25-26-23(27)31-14-2-10-28-15-18-7-11-29(21(18)16-28)20-5-3-19(24)4-6-20/h3-6,17-18,21H,2,7-16H2,1H3/t18?,21-/m0/s1. The summed E-state index contributed by atoms with van der Waals surface area (Å²) in [6.07, 6.45) is 4.48. The molecule has 0 N–H and O–H groups in total. The van der Waals surface area contributed by atoms with Crippen LogP contribution in [0.5, 0.6) is 0 Å². The van der Waals surface area contributed by atoms with Crippen molar-refractivity contribution in [1.29, 1.82) is 0 Å². The molecule has 3 fully saturated rings. The zero-order valence-electron chi connectivity index (χ0n) is 18.3. The van der Waals surface area contributed by atoms with Crippen LogP contribution in [0.3, 0.4) is 0 Å². The molecule has 0 spiro atoms. The fourth-order valence-corrected chi connectivity index (χ4v) is 6.24. The van der Waals surface area contributed by atoms with Crippen LogP contribution in [0.1, 0.15) is 37.4 Å². The molecular weight excluding hydrogens is 413 g/mol. The molecule has 1 unspecified atom stereocenters. The minimum absolute atomic E-state index is 0.159. The summed E-state index contributed by atoms with van der Waals surface area (Å²) in [7, 11) is 2.10. The molecule has 0 amide bonds. The fraction of sp³-hybridized carbons (Fsp3) is 0.652. The van der Waals surface area contributed by atoms with Crippen molar-refractivity contribution >= 4 is 17.4 Å². The van der Waals surface area contributed by atoms with E-state index in [1.807, 2.05) is 23.9 Å². The summed E-state index contributed by atoms with van der Waals surface area (Å²) in [5.41, 5.74) is 1.16. The van der Waals surface area contributed by atoms with Crippen LogP contribution in [0.4, 0.5) is 10.1 Å². The van der Waals surface area contributed by atoms with Crippen molar-refractivity contribution in [2.45, 2.75) is 42.8 Å². The van der Waals surface area contributed by atoms with Gasteiger partial charge in [0.15, 0.2) is 5.16 Å². The Labute approximate surface area is 188 Å². The third-order valence-corrected chi connectivity index (χ3v) is 8.19. The van der Waals surface area contributed by atoms with E-state index >= 15 is 0 Å². The van der Waals surface area contributed by atoms with Gasteiger partial charge in [0, 0.05) is 63.3 Å². The average molecular weight is 446 g/mol. The topological polar surface area (TPSA) is 46.4 Å². The molecule has 6 nitrogen and oxygen atoms in total. The molecule has 2 aromatic rings. The molecule has 0 aliphatic carbocycles. The minimum Gasteiger partial charge on any atom is -0.381 e. The number of rotatable bonds is 7. The van der Waals surface area contributed by atoms with Gasteiger partial charge in [0.2, 0.25) is 0 Å². The Kier molecular flexibility index (Phi) is 6.48. The summed E-state index contributed by atoms with van der Waals surface area (Å²) in [6, 6.07) is 7.57. The third kappa shape index (κ3) is 4.61. The van der Waals surface area contributed by atoms with E-state index < -0.39 is 0 Å². The first-order valence-electron chi connectivity index (χ1n) is 11.5. The van der Waals surface area contributed by atoms with Crippen LogP contribution >= 0.6 is 11.8 Å². The summed E-state index contributed by atoms with van der Waals surface area (Å²) in [5, 5.41) is 9.95. The molecule has 3 aliphatic rings. The van der Waals surface area contributed by atoms with Crippen LogP contribution in [-0.4, -0.2) is 70.9 Å². The molecule has 168 valence electrons. The minimum atomic E-state index is -0.159. The first-order valence-corrected chi connectivity index (χ1v) is 12.5. The van der Waals surface area contributed by atoms with E-state index in [0.29, 0.717) is 12.0 Å². The summed E-state index contributed by atoms with van der Waals surface area (Å²) in [4.78, 5) is 5.09. The summed E-state index contributed by atoms with van der Waals surface area (Å²) in [5.74, 6) is 3.23. The second-order valence-corrected chi connectivity index (χ2v) is 10.1. The number of nitrogens with zero attached hydrogens (tertiary/aromatic N) is 5. The Morgan fingerprint density at radius 1 is 1.10 bits per heavy atom. The van der Waals surface area contributed by atoms with Crippen molar-refractivity contribution < 1.29 is 9.13 Å². The quantitative estimate of drug-likeness (QED) is 0.480. The van der Waals surface area contributed by atoms with E-state index in [-0.39, 0.29) is 5.82 Å². The van der Waals surface area contributed by atoms with E-state index in [1.54, 1.807) is 12.1 Å². The van der Waals surface area contributed by atoms with Crippen molar-refractivity contribution in [3.63, 3.8) is 0 Å². The molecular formula is C23H32FN5OS. The zero-order chi connectivity index (χ0) is 21.2. The number of hydrogen-bond donors (Lipinski definition) is 0. The van der Waals surface area contributed by atoms with Gasteiger partial charge < -0.3 is 19.1 Å². The van der Waals surface area contributed by atoms with Gasteiger partial charge in [-0.3, -0.25) is 0 Å². The Morgan fingerprint density at radius 3 is 2.71 bits per heavy atom. The fourth-order valence-electron chi connectivity index (χ4n) is 5.40. The highest BCUT2D eigenvalue weighted by atomic mass is 32.2. The highest BCUT2D eigenvalue weighted by Crippen LogP contribution is 2.35. The number of halogens is 1. The molecule has 1 aromatic heterocycles. The van der Waals surface area contributed by atoms with Crippen molar-refractivity contribution in [2.75, 3.05) is 50.0 Å². The van der Waals surface area contributed by atoms with E-state index in [1.165, 1.54) is 13.0 Å². The highest BCUT2D eigenvalue weighted by molar-refractivity contribution is 7.99. The van der Waals surface area contributed by atoms with E-state index in [4.69, 9.17) is 4.74 Å². The summed E-state index contributed by atoms with van der Waals surface area (Å²) < 4.78 is 20.9. The molecule has 31 heavy (non-hydrogen) atoms. The maximum atomic E-state index is 13.3. The van der Waals surface area contributed by atoms with Gasteiger partial charge in [-0.1, -0.05) is 11.8 Å². The molecule has 0 bridgehead atoms. The number of likely N-dealkylation sites (tertiary alicyclic amines) is 1. The highest BCUT2D eigenvalue weighted by Gasteiger charge is 2.41. The number of ether oxygens (including phenoxy) is 1. The third-order valence-electron chi connectivity index (χ3n) is 7.09. The molecule has 3 aliphatic heterocycles. The molecule has 4 heterocycles. The lowest BCUT2D eigenvalue weighted by atomic mass is 10.00. The molecule has 8 heteroatoms. The number of fused-ring (bicyclic) bond motifs is 1. The first kappa shape index (κ1) is 21.2. The van der Waals surface area contributed by atoms with E-state index in [0.717, 1.165) is 80.4 Å². The van der Waals surface area contributed by atoms with Crippen LogP contribution < -0.4 is 4.90 Å². The smallest absolute Gasteiger partial charge is 0.190 e. The monoisotopic (exact) mass is 445 g/mol. The predicted molar refractivity (Wildman–Crippen MR) is 121 cm³/mol. The number of anilines is 1. The second kappa shape index (κ2) is 9.46. The van der Waals surface area contributed by atoms with Gasteiger partial charge in [-0.25, -0.2) is 4.39 Å². The zero-order valence-corrected chi connectivity index (χ0v) is 19.1. The van der Waals surface area contributed by atoms with Gasteiger partial charge in [-0.15, -0.1) is 10.2 Å². The Morgan fingerprint density at radius 2 is 1.90 bits per heavy atom. The van der Waals surface area contributed by atoms with Gasteiger partial charge in [0.25, 0.3) is 0 Å². The Hall–Kier alpha value is -1.64. The molecule has 1 aromatic carbocycles. The molecule has 0 radical (unpaired) electrons.